The molecule has 1 saturated heterocycles. The first-order valence-corrected chi connectivity index (χ1v) is 8.08. The monoisotopic (exact) mass is 312 g/mol. The van der Waals surface area contributed by atoms with Crippen LogP contribution in [0.3, 0.4) is 0 Å². The van der Waals surface area contributed by atoms with Gasteiger partial charge in [0, 0.05) is 30.9 Å². The highest BCUT2D eigenvalue weighted by molar-refractivity contribution is 5.98. The summed E-state index contributed by atoms with van der Waals surface area (Å²) in [5.41, 5.74) is 15.6. The summed E-state index contributed by atoms with van der Waals surface area (Å²) < 4.78 is 0. The van der Waals surface area contributed by atoms with Crippen LogP contribution in [-0.4, -0.2) is 34.6 Å². The number of nitrogens with one attached hydrogen (secondary N) is 1. The Kier molecular flexibility index (Phi) is 4.34. The van der Waals surface area contributed by atoms with E-state index in [0.29, 0.717) is 12.5 Å². The van der Waals surface area contributed by atoms with Crippen molar-refractivity contribution >= 4 is 28.9 Å². The standard InChI is InChI=1S/C17H24N6/c1-3-12(10-18)9-13-11(2)20-15-14(13)16(22-17(19)21-15)23-7-5-4-6-8-23/h3,9H,1,4-8,10,18H2,2H3,(H3,19,20,21,22)/b12-9+. The van der Waals surface area contributed by atoms with Crippen molar-refractivity contribution in [3.63, 3.8) is 0 Å². The zero-order chi connectivity index (χ0) is 16.4. The molecule has 6 heteroatoms. The Hall–Kier alpha value is -2.34. The fourth-order valence-corrected chi connectivity index (χ4v) is 3.14. The fraction of sp³-hybridized carbons (Fsp3) is 0.412. The molecule has 0 spiro atoms. The highest BCUT2D eigenvalue weighted by Crippen LogP contribution is 2.33. The van der Waals surface area contributed by atoms with Crippen LogP contribution in [0, 0.1) is 6.92 Å². The average molecular weight is 312 g/mol. The first-order valence-electron chi connectivity index (χ1n) is 8.08. The van der Waals surface area contributed by atoms with Crippen molar-refractivity contribution in [2.24, 2.45) is 5.73 Å². The quantitative estimate of drug-likeness (QED) is 0.753. The summed E-state index contributed by atoms with van der Waals surface area (Å²) in [6.45, 7) is 8.31. The van der Waals surface area contributed by atoms with Gasteiger partial charge in [-0.05, 0) is 37.8 Å². The predicted molar refractivity (Wildman–Crippen MR) is 96.3 cm³/mol. The van der Waals surface area contributed by atoms with E-state index >= 15 is 0 Å². The second-order valence-corrected chi connectivity index (χ2v) is 5.97. The van der Waals surface area contributed by atoms with E-state index in [1.54, 1.807) is 6.08 Å². The second kappa shape index (κ2) is 6.42. The average Bonchev–Trinajstić information content (AvgIpc) is 2.87. The van der Waals surface area contributed by atoms with Crippen LogP contribution in [0.5, 0.6) is 0 Å². The highest BCUT2D eigenvalue weighted by atomic mass is 15.2. The van der Waals surface area contributed by atoms with E-state index < -0.39 is 0 Å². The molecule has 23 heavy (non-hydrogen) atoms. The normalized spacial score (nSPS) is 16.1. The minimum absolute atomic E-state index is 0.303. The molecule has 0 amide bonds. The minimum atomic E-state index is 0.303. The van der Waals surface area contributed by atoms with Crippen molar-refractivity contribution < 1.29 is 0 Å². The Bertz CT molecular complexity index is 752. The zero-order valence-corrected chi connectivity index (χ0v) is 13.6. The van der Waals surface area contributed by atoms with Crippen LogP contribution in [0.25, 0.3) is 17.1 Å². The van der Waals surface area contributed by atoms with E-state index in [-0.39, 0.29) is 0 Å². The molecule has 1 aliphatic heterocycles. The van der Waals surface area contributed by atoms with Crippen molar-refractivity contribution in [1.29, 1.82) is 0 Å². The third kappa shape index (κ3) is 2.94. The lowest BCUT2D eigenvalue weighted by molar-refractivity contribution is 0.575. The van der Waals surface area contributed by atoms with Crippen LogP contribution < -0.4 is 16.4 Å². The largest absolute Gasteiger partial charge is 0.368 e. The van der Waals surface area contributed by atoms with Gasteiger partial charge in [0.05, 0.1) is 5.39 Å². The molecule has 0 bridgehead atoms. The number of aromatic amines is 1. The lowest BCUT2D eigenvalue weighted by Crippen LogP contribution is -2.30. The summed E-state index contributed by atoms with van der Waals surface area (Å²) in [6.07, 6.45) is 7.49. The van der Waals surface area contributed by atoms with Gasteiger partial charge in [0.2, 0.25) is 5.95 Å². The number of nitrogens with two attached hydrogens (primary N) is 2. The van der Waals surface area contributed by atoms with Crippen molar-refractivity contribution in [1.82, 2.24) is 15.0 Å². The number of fused-ring (bicyclic) bond motifs is 1. The van der Waals surface area contributed by atoms with E-state index in [9.17, 15) is 0 Å². The van der Waals surface area contributed by atoms with Gasteiger partial charge in [0.1, 0.15) is 11.5 Å². The molecule has 0 radical (unpaired) electrons. The Labute approximate surface area is 136 Å². The van der Waals surface area contributed by atoms with Crippen LogP contribution in [0.1, 0.15) is 30.5 Å². The van der Waals surface area contributed by atoms with Gasteiger partial charge in [-0.3, -0.25) is 0 Å². The molecule has 0 atom stereocenters. The maximum absolute atomic E-state index is 5.92. The Morgan fingerprint density at radius 1 is 1.30 bits per heavy atom. The molecule has 0 saturated carbocycles. The Morgan fingerprint density at radius 2 is 2.04 bits per heavy atom. The van der Waals surface area contributed by atoms with Crippen molar-refractivity contribution in [3.05, 3.63) is 29.5 Å². The molecule has 1 fully saturated rings. The van der Waals surface area contributed by atoms with Crippen LogP contribution in [0.15, 0.2) is 18.2 Å². The van der Waals surface area contributed by atoms with E-state index in [2.05, 4.69) is 32.5 Å². The maximum atomic E-state index is 5.92. The predicted octanol–water partition coefficient (Wildman–Crippen LogP) is 2.37. The van der Waals surface area contributed by atoms with Gasteiger partial charge in [-0.15, -0.1) is 0 Å². The molecule has 0 aliphatic carbocycles. The number of nitrogens with zero attached hydrogens (tertiary/aromatic N) is 3. The molecule has 3 rings (SSSR count). The maximum Gasteiger partial charge on any atom is 0.223 e. The molecule has 2 aromatic rings. The summed E-state index contributed by atoms with van der Waals surface area (Å²) in [7, 11) is 0. The number of piperidine rings is 1. The number of anilines is 2. The van der Waals surface area contributed by atoms with Crippen LogP contribution in [-0.2, 0) is 0 Å². The van der Waals surface area contributed by atoms with E-state index in [1.165, 1.54) is 19.3 Å². The third-order valence-corrected chi connectivity index (χ3v) is 4.37. The fourth-order valence-electron chi connectivity index (χ4n) is 3.14. The van der Waals surface area contributed by atoms with Gasteiger partial charge < -0.3 is 21.4 Å². The van der Waals surface area contributed by atoms with Gasteiger partial charge in [0.25, 0.3) is 0 Å². The number of hydrogen-bond acceptors (Lipinski definition) is 5. The van der Waals surface area contributed by atoms with Gasteiger partial charge in [-0.25, -0.2) is 0 Å². The summed E-state index contributed by atoms with van der Waals surface area (Å²) in [5, 5.41) is 1.02. The third-order valence-electron chi connectivity index (χ3n) is 4.37. The zero-order valence-electron chi connectivity index (χ0n) is 13.6. The topological polar surface area (TPSA) is 96.8 Å². The van der Waals surface area contributed by atoms with Gasteiger partial charge >= 0.3 is 0 Å². The highest BCUT2D eigenvalue weighted by Gasteiger charge is 2.20. The van der Waals surface area contributed by atoms with E-state index in [1.807, 2.05) is 6.92 Å². The molecule has 122 valence electrons. The van der Waals surface area contributed by atoms with Crippen molar-refractivity contribution in [2.75, 3.05) is 30.3 Å². The summed E-state index contributed by atoms with van der Waals surface area (Å²) >= 11 is 0. The van der Waals surface area contributed by atoms with Gasteiger partial charge in [-0.2, -0.15) is 9.97 Å². The molecular weight excluding hydrogens is 288 g/mol. The summed E-state index contributed by atoms with van der Waals surface area (Å²) in [4.78, 5) is 14.5. The van der Waals surface area contributed by atoms with Gasteiger partial charge in [-0.1, -0.05) is 12.7 Å². The number of rotatable bonds is 4. The second-order valence-electron chi connectivity index (χ2n) is 5.97. The van der Waals surface area contributed by atoms with Crippen LogP contribution in [0.2, 0.25) is 0 Å². The molecular formula is C17H24N6. The number of nitrogen functional groups attached to an aromatic ring is 1. The number of aromatic nitrogens is 3. The minimum Gasteiger partial charge on any atom is -0.368 e. The molecule has 6 nitrogen and oxygen atoms in total. The summed E-state index contributed by atoms with van der Waals surface area (Å²) in [6, 6.07) is 0. The lowest BCUT2D eigenvalue weighted by Gasteiger charge is -2.28. The van der Waals surface area contributed by atoms with Crippen LogP contribution in [0.4, 0.5) is 11.8 Å². The molecule has 5 N–H and O–H groups in total. The molecule has 2 aromatic heterocycles. The van der Waals surface area contributed by atoms with Gasteiger partial charge in [0.15, 0.2) is 0 Å². The Morgan fingerprint density at radius 3 is 2.70 bits per heavy atom. The first kappa shape index (κ1) is 15.6. The number of hydrogen-bond donors (Lipinski definition) is 3. The van der Waals surface area contributed by atoms with Crippen molar-refractivity contribution in [2.45, 2.75) is 26.2 Å². The van der Waals surface area contributed by atoms with Crippen molar-refractivity contribution in [3.8, 4) is 0 Å². The molecule has 0 unspecified atom stereocenters. The van der Waals surface area contributed by atoms with Crippen LogP contribution >= 0.6 is 0 Å². The summed E-state index contributed by atoms with van der Waals surface area (Å²) in [5.74, 6) is 1.22. The first-order chi connectivity index (χ1) is 11.1. The van der Waals surface area contributed by atoms with E-state index in [0.717, 1.165) is 46.8 Å². The SMILES string of the molecule is C=C/C(=C\c1c(C)[nH]c2nc(N)nc(N3CCCCC3)c12)CN. The van der Waals surface area contributed by atoms with E-state index in [4.69, 9.17) is 11.5 Å². The lowest BCUT2D eigenvalue weighted by atomic mass is 10.1. The smallest absolute Gasteiger partial charge is 0.223 e. The molecule has 3 heterocycles. The molecule has 1 aliphatic rings. The Balaban J connectivity index is 2.22. The number of H-pyrrole nitrogens is 1. The number of aryl methyl sites for hydroxylation is 1. The molecule has 0 aromatic carbocycles.